The van der Waals surface area contributed by atoms with E-state index >= 15 is 0 Å². The lowest BCUT2D eigenvalue weighted by Crippen LogP contribution is -2.15. The van der Waals surface area contributed by atoms with Gasteiger partial charge < -0.3 is 14.6 Å². The number of aryl methyl sites for hydroxylation is 1. The van der Waals surface area contributed by atoms with Crippen LogP contribution in [0.25, 0.3) is 0 Å². The molecule has 1 heterocycles. The number of amides is 1. The zero-order valence-electron chi connectivity index (χ0n) is 11.6. The van der Waals surface area contributed by atoms with Crippen LogP contribution in [0, 0.1) is 6.92 Å². The predicted octanol–water partition coefficient (Wildman–Crippen LogP) is 1.86. The first-order valence-corrected chi connectivity index (χ1v) is 7.02. The van der Waals surface area contributed by atoms with Crippen molar-refractivity contribution in [2.45, 2.75) is 12.1 Å². The molecule has 1 amide bonds. The van der Waals surface area contributed by atoms with Gasteiger partial charge in [-0.25, -0.2) is 0 Å². The van der Waals surface area contributed by atoms with Crippen molar-refractivity contribution < 1.29 is 9.53 Å². The molecule has 1 aromatic carbocycles. The number of para-hydroxylation sites is 2. The van der Waals surface area contributed by atoms with Gasteiger partial charge in [0.25, 0.3) is 0 Å². The van der Waals surface area contributed by atoms with Gasteiger partial charge in [-0.1, -0.05) is 23.9 Å². The second-order valence-corrected chi connectivity index (χ2v) is 5.07. The van der Waals surface area contributed by atoms with Crippen LogP contribution >= 0.6 is 11.8 Å². The van der Waals surface area contributed by atoms with E-state index in [0.29, 0.717) is 11.4 Å². The molecule has 1 aromatic heterocycles. The number of benzene rings is 1. The maximum Gasteiger partial charge on any atom is 0.234 e. The van der Waals surface area contributed by atoms with E-state index in [9.17, 15) is 4.79 Å². The first kappa shape index (κ1) is 14.4. The number of nitrogens with one attached hydrogen (secondary N) is 1. The van der Waals surface area contributed by atoms with Gasteiger partial charge in [0, 0.05) is 7.05 Å². The normalized spacial score (nSPS) is 10.3. The number of methoxy groups -OCH3 is 1. The van der Waals surface area contributed by atoms with Crippen LogP contribution < -0.4 is 10.1 Å². The number of hydrogen-bond donors (Lipinski definition) is 1. The molecule has 0 aliphatic carbocycles. The SMILES string of the molecule is COc1ccccc1NC(=O)CSc1nnc(C)n1C. The van der Waals surface area contributed by atoms with Crippen molar-refractivity contribution >= 4 is 23.4 Å². The Morgan fingerprint density at radius 2 is 2.15 bits per heavy atom. The number of aromatic nitrogens is 3. The van der Waals surface area contributed by atoms with E-state index < -0.39 is 0 Å². The number of nitrogens with zero attached hydrogens (tertiary/aromatic N) is 3. The molecule has 0 bridgehead atoms. The topological polar surface area (TPSA) is 69.0 Å². The molecule has 2 aromatic rings. The van der Waals surface area contributed by atoms with Gasteiger partial charge in [-0.3, -0.25) is 4.79 Å². The molecule has 0 radical (unpaired) electrons. The Labute approximate surface area is 121 Å². The lowest BCUT2D eigenvalue weighted by Gasteiger charge is -2.09. The molecule has 0 aliphatic heterocycles. The molecule has 0 atom stereocenters. The Balaban J connectivity index is 1.94. The van der Waals surface area contributed by atoms with Gasteiger partial charge in [-0.15, -0.1) is 10.2 Å². The number of hydrogen-bond acceptors (Lipinski definition) is 5. The standard InChI is InChI=1S/C13H16N4O2S/c1-9-15-16-13(17(9)2)20-8-12(18)14-10-6-4-5-7-11(10)19-3/h4-7H,8H2,1-3H3,(H,14,18). The monoisotopic (exact) mass is 292 g/mol. The molecule has 106 valence electrons. The summed E-state index contributed by atoms with van der Waals surface area (Å²) in [6, 6.07) is 7.30. The summed E-state index contributed by atoms with van der Waals surface area (Å²) < 4.78 is 7.03. The van der Waals surface area contributed by atoms with Crippen molar-refractivity contribution in [3.63, 3.8) is 0 Å². The van der Waals surface area contributed by atoms with Crippen LogP contribution in [0.1, 0.15) is 5.82 Å². The molecule has 1 N–H and O–H groups in total. The number of carbonyl (C=O) groups is 1. The maximum atomic E-state index is 11.9. The fourth-order valence-electron chi connectivity index (χ4n) is 1.58. The number of anilines is 1. The minimum absolute atomic E-state index is 0.111. The molecule has 0 spiro atoms. The molecule has 0 unspecified atom stereocenters. The van der Waals surface area contributed by atoms with Crippen LogP contribution in [-0.2, 0) is 11.8 Å². The van der Waals surface area contributed by atoms with Gasteiger partial charge in [0.05, 0.1) is 18.6 Å². The van der Waals surface area contributed by atoms with Crippen molar-refractivity contribution in [1.82, 2.24) is 14.8 Å². The zero-order valence-corrected chi connectivity index (χ0v) is 12.4. The average molecular weight is 292 g/mol. The zero-order chi connectivity index (χ0) is 14.5. The molecule has 0 aliphatic rings. The molecular weight excluding hydrogens is 276 g/mol. The van der Waals surface area contributed by atoms with Crippen molar-refractivity contribution in [3.8, 4) is 5.75 Å². The second-order valence-electron chi connectivity index (χ2n) is 4.13. The Hall–Kier alpha value is -2.02. The van der Waals surface area contributed by atoms with E-state index in [1.165, 1.54) is 11.8 Å². The fraction of sp³-hybridized carbons (Fsp3) is 0.308. The van der Waals surface area contributed by atoms with E-state index in [2.05, 4.69) is 15.5 Å². The van der Waals surface area contributed by atoms with Gasteiger partial charge in [0.1, 0.15) is 11.6 Å². The van der Waals surface area contributed by atoms with Crippen molar-refractivity contribution in [2.75, 3.05) is 18.2 Å². The summed E-state index contributed by atoms with van der Waals surface area (Å²) in [4.78, 5) is 11.9. The predicted molar refractivity (Wildman–Crippen MR) is 78.1 cm³/mol. The lowest BCUT2D eigenvalue weighted by molar-refractivity contribution is -0.113. The van der Waals surface area contributed by atoms with Crippen molar-refractivity contribution in [2.24, 2.45) is 7.05 Å². The summed E-state index contributed by atoms with van der Waals surface area (Å²) in [7, 11) is 3.44. The van der Waals surface area contributed by atoms with Crippen molar-refractivity contribution in [1.29, 1.82) is 0 Å². The third kappa shape index (κ3) is 3.30. The van der Waals surface area contributed by atoms with Crippen molar-refractivity contribution in [3.05, 3.63) is 30.1 Å². The Morgan fingerprint density at radius 1 is 1.40 bits per heavy atom. The van der Waals surface area contributed by atoms with Gasteiger partial charge in [-0.05, 0) is 19.1 Å². The first-order valence-electron chi connectivity index (χ1n) is 6.03. The number of thioether (sulfide) groups is 1. The largest absolute Gasteiger partial charge is 0.495 e. The summed E-state index contributed by atoms with van der Waals surface area (Å²) in [5.41, 5.74) is 0.662. The lowest BCUT2D eigenvalue weighted by atomic mass is 10.3. The first-order chi connectivity index (χ1) is 9.61. The van der Waals surface area contributed by atoms with Crippen LogP contribution in [0.5, 0.6) is 5.75 Å². The molecule has 6 nitrogen and oxygen atoms in total. The van der Waals surface area contributed by atoms with Gasteiger partial charge >= 0.3 is 0 Å². The number of rotatable bonds is 5. The Kier molecular flexibility index (Phi) is 4.62. The van der Waals surface area contributed by atoms with Crippen LogP contribution in [0.2, 0.25) is 0 Å². The highest BCUT2D eigenvalue weighted by molar-refractivity contribution is 7.99. The molecule has 0 fully saturated rings. The highest BCUT2D eigenvalue weighted by Gasteiger charge is 2.10. The molecule has 0 saturated heterocycles. The van der Waals surface area contributed by atoms with Crippen LogP contribution in [0.4, 0.5) is 5.69 Å². The Morgan fingerprint density at radius 3 is 2.80 bits per heavy atom. The van der Waals surface area contributed by atoms with Gasteiger partial charge in [-0.2, -0.15) is 0 Å². The molecule has 20 heavy (non-hydrogen) atoms. The fourth-order valence-corrected chi connectivity index (χ4v) is 2.33. The highest BCUT2D eigenvalue weighted by atomic mass is 32.2. The summed E-state index contributed by atoms with van der Waals surface area (Å²) in [6.07, 6.45) is 0. The minimum Gasteiger partial charge on any atom is -0.495 e. The third-order valence-corrected chi connectivity index (χ3v) is 3.79. The maximum absolute atomic E-state index is 11.9. The van der Waals surface area contributed by atoms with E-state index in [-0.39, 0.29) is 11.7 Å². The third-order valence-electron chi connectivity index (χ3n) is 2.77. The minimum atomic E-state index is -0.111. The number of ether oxygens (including phenoxy) is 1. The highest BCUT2D eigenvalue weighted by Crippen LogP contribution is 2.23. The summed E-state index contributed by atoms with van der Waals surface area (Å²) in [5, 5.41) is 11.5. The van der Waals surface area contributed by atoms with E-state index in [1.54, 1.807) is 19.2 Å². The van der Waals surface area contributed by atoms with Crippen LogP contribution in [0.3, 0.4) is 0 Å². The summed E-state index contributed by atoms with van der Waals surface area (Å²) >= 11 is 1.35. The van der Waals surface area contributed by atoms with Crippen LogP contribution in [0.15, 0.2) is 29.4 Å². The molecule has 0 saturated carbocycles. The van der Waals surface area contributed by atoms with Crippen LogP contribution in [-0.4, -0.2) is 33.5 Å². The number of carbonyl (C=O) groups excluding carboxylic acids is 1. The van der Waals surface area contributed by atoms with E-state index in [1.807, 2.05) is 30.7 Å². The quantitative estimate of drug-likeness (QED) is 0.852. The molecule has 2 rings (SSSR count). The second kappa shape index (κ2) is 6.42. The molecule has 7 heteroatoms. The molecular formula is C13H16N4O2S. The smallest absolute Gasteiger partial charge is 0.234 e. The van der Waals surface area contributed by atoms with E-state index in [4.69, 9.17) is 4.74 Å². The van der Waals surface area contributed by atoms with Gasteiger partial charge in [0.15, 0.2) is 5.16 Å². The summed E-state index contributed by atoms with van der Waals surface area (Å²) in [5.74, 6) is 1.61. The summed E-state index contributed by atoms with van der Waals surface area (Å²) in [6.45, 7) is 1.87. The Bertz CT molecular complexity index is 612. The average Bonchev–Trinajstić information content (AvgIpc) is 2.77. The van der Waals surface area contributed by atoms with E-state index in [0.717, 1.165) is 11.0 Å². The van der Waals surface area contributed by atoms with Gasteiger partial charge in [0.2, 0.25) is 5.91 Å².